The zero-order valence-electron chi connectivity index (χ0n) is 15.0. The van der Waals surface area contributed by atoms with Gasteiger partial charge in [0.15, 0.2) is 0 Å². The maximum absolute atomic E-state index is 13.3. The number of piperazine rings is 1. The predicted molar refractivity (Wildman–Crippen MR) is 103 cm³/mol. The molecule has 2 aromatic rings. The van der Waals surface area contributed by atoms with E-state index in [2.05, 4.69) is 11.5 Å². The SMILES string of the molecule is C=CCN1C[C@@H]2CC1[C@@H]1C(=O)N(c3ccc([N+](=O)[O-])c4ccccc34)C(=O)N21. The Morgan fingerprint density at radius 1 is 1.18 bits per heavy atom. The van der Waals surface area contributed by atoms with Gasteiger partial charge in [0.2, 0.25) is 0 Å². The van der Waals surface area contributed by atoms with Crippen molar-refractivity contribution in [1.29, 1.82) is 0 Å². The molecule has 0 spiro atoms. The second-order valence-corrected chi connectivity index (χ2v) is 7.41. The van der Waals surface area contributed by atoms with Gasteiger partial charge in [0.1, 0.15) is 6.04 Å². The van der Waals surface area contributed by atoms with E-state index in [1.165, 1.54) is 17.0 Å². The standard InChI is InChI=1S/C20H18N4O4/c1-2-9-21-11-12-10-17(21)18-19(25)23(20(26)22(12)18)15-7-8-16(24(27)28)14-6-4-3-5-13(14)15/h2-8,12,17-18H,1,9-11H2/t12-,17?,18+/m0/s1. The van der Waals surface area contributed by atoms with E-state index < -0.39 is 11.0 Å². The minimum absolute atomic E-state index is 0.00578. The maximum atomic E-state index is 13.3. The average Bonchev–Trinajstić information content (AvgIpc) is 3.33. The van der Waals surface area contributed by atoms with Gasteiger partial charge in [0.05, 0.1) is 16.0 Å². The van der Waals surface area contributed by atoms with Crippen molar-refractivity contribution in [1.82, 2.24) is 9.80 Å². The number of benzene rings is 2. The number of nitrogens with zero attached hydrogens (tertiary/aromatic N) is 4. The second-order valence-electron chi connectivity index (χ2n) is 7.41. The highest BCUT2D eigenvalue weighted by Crippen LogP contribution is 2.44. The Balaban J connectivity index is 1.60. The molecule has 0 aliphatic carbocycles. The molecular weight excluding hydrogens is 360 g/mol. The first kappa shape index (κ1) is 16.9. The van der Waals surface area contributed by atoms with E-state index in [9.17, 15) is 19.7 Å². The Morgan fingerprint density at radius 2 is 1.93 bits per heavy atom. The van der Waals surface area contributed by atoms with Gasteiger partial charge in [-0.3, -0.25) is 19.8 Å². The van der Waals surface area contributed by atoms with Gasteiger partial charge in [-0.25, -0.2) is 9.69 Å². The molecule has 0 saturated carbocycles. The number of rotatable bonds is 4. The third-order valence-electron chi connectivity index (χ3n) is 6.05. The van der Waals surface area contributed by atoms with E-state index in [4.69, 9.17) is 0 Å². The lowest BCUT2D eigenvalue weighted by atomic mass is 10.0. The number of nitro groups is 1. The minimum atomic E-state index is -0.500. The normalized spacial score (nSPS) is 26.4. The molecule has 0 aromatic heterocycles. The number of nitro benzene ring substituents is 1. The Kier molecular flexibility index (Phi) is 3.54. The van der Waals surface area contributed by atoms with Crippen LogP contribution in [0, 0.1) is 10.1 Å². The molecule has 1 unspecified atom stereocenters. The van der Waals surface area contributed by atoms with Gasteiger partial charge in [-0.1, -0.05) is 24.3 Å². The number of imide groups is 1. The van der Waals surface area contributed by atoms with Crippen LogP contribution in [-0.4, -0.2) is 57.9 Å². The first-order valence-corrected chi connectivity index (χ1v) is 9.20. The number of non-ortho nitro benzene ring substituents is 1. The van der Waals surface area contributed by atoms with Crippen LogP contribution in [0.1, 0.15) is 6.42 Å². The second kappa shape index (κ2) is 5.87. The van der Waals surface area contributed by atoms with Gasteiger partial charge in [-0.2, -0.15) is 0 Å². The third kappa shape index (κ3) is 2.09. The van der Waals surface area contributed by atoms with Gasteiger partial charge in [0, 0.05) is 36.6 Å². The number of carbonyl (C=O) groups excluding carboxylic acids is 2. The van der Waals surface area contributed by atoms with Crippen LogP contribution in [-0.2, 0) is 4.79 Å². The summed E-state index contributed by atoms with van der Waals surface area (Å²) in [7, 11) is 0. The van der Waals surface area contributed by atoms with Crippen molar-refractivity contribution in [2.75, 3.05) is 18.0 Å². The summed E-state index contributed by atoms with van der Waals surface area (Å²) in [5.41, 5.74) is 0.358. The smallest absolute Gasteiger partial charge is 0.306 e. The van der Waals surface area contributed by atoms with E-state index in [0.717, 1.165) is 13.0 Å². The first-order chi connectivity index (χ1) is 13.5. The molecule has 3 fully saturated rings. The Labute approximate surface area is 160 Å². The van der Waals surface area contributed by atoms with Gasteiger partial charge < -0.3 is 4.90 Å². The minimum Gasteiger partial charge on any atom is -0.306 e. The predicted octanol–water partition coefficient (Wildman–Crippen LogP) is 2.53. The van der Waals surface area contributed by atoms with Crippen molar-refractivity contribution < 1.29 is 14.5 Å². The molecule has 142 valence electrons. The lowest BCUT2D eigenvalue weighted by molar-refractivity contribution is -0.383. The van der Waals surface area contributed by atoms with Crippen molar-refractivity contribution in [2.45, 2.75) is 24.5 Å². The molecule has 8 heteroatoms. The molecule has 3 aliphatic rings. The van der Waals surface area contributed by atoms with Gasteiger partial charge in [0.25, 0.3) is 11.6 Å². The summed E-state index contributed by atoms with van der Waals surface area (Å²) in [6.07, 6.45) is 2.61. The fourth-order valence-corrected chi connectivity index (χ4v) is 4.97. The van der Waals surface area contributed by atoms with Gasteiger partial charge in [-0.05, 0) is 18.6 Å². The van der Waals surface area contributed by atoms with E-state index >= 15 is 0 Å². The van der Waals surface area contributed by atoms with Crippen molar-refractivity contribution >= 4 is 34.1 Å². The largest absolute Gasteiger partial charge is 0.332 e. The average molecular weight is 378 g/mol. The van der Waals surface area contributed by atoms with Crippen LogP contribution in [0.5, 0.6) is 0 Å². The van der Waals surface area contributed by atoms with Crippen molar-refractivity contribution in [3.05, 3.63) is 59.2 Å². The quantitative estimate of drug-likeness (QED) is 0.353. The Hall–Kier alpha value is -3.26. The molecule has 3 atom stereocenters. The summed E-state index contributed by atoms with van der Waals surface area (Å²) in [6, 6.07) is 8.84. The molecule has 3 heterocycles. The fourth-order valence-electron chi connectivity index (χ4n) is 4.97. The number of anilines is 1. The van der Waals surface area contributed by atoms with Crippen LogP contribution in [0.4, 0.5) is 16.2 Å². The molecule has 2 bridgehead atoms. The lowest BCUT2D eigenvalue weighted by Gasteiger charge is -2.34. The van der Waals surface area contributed by atoms with Gasteiger partial charge in [-0.15, -0.1) is 6.58 Å². The molecule has 3 aliphatic heterocycles. The van der Waals surface area contributed by atoms with Crippen molar-refractivity contribution in [2.24, 2.45) is 0 Å². The van der Waals surface area contributed by atoms with E-state index in [1.54, 1.807) is 29.2 Å². The highest BCUT2D eigenvalue weighted by molar-refractivity contribution is 6.25. The van der Waals surface area contributed by atoms with Crippen LogP contribution in [0.2, 0.25) is 0 Å². The van der Waals surface area contributed by atoms with Crippen LogP contribution >= 0.6 is 0 Å². The fraction of sp³-hybridized carbons (Fsp3) is 0.300. The van der Waals surface area contributed by atoms with Crippen LogP contribution in [0.15, 0.2) is 49.1 Å². The molecular formula is C20H18N4O4. The third-order valence-corrected chi connectivity index (χ3v) is 6.05. The molecule has 3 saturated heterocycles. The number of fused-ring (bicyclic) bond motifs is 6. The van der Waals surface area contributed by atoms with E-state index in [0.29, 0.717) is 23.0 Å². The number of hydrogen-bond acceptors (Lipinski definition) is 5. The number of likely N-dealkylation sites (tertiary alicyclic amines) is 1. The van der Waals surface area contributed by atoms with Crippen molar-refractivity contribution in [3.8, 4) is 0 Å². The summed E-state index contributed by atoms with van der Waals surface area (Å²) in [6.45, 7) is 5.20. The molecule has 0 N–H and O–H groups in total. The highest BCUT2D eigenvalue weighted by Gasteiger charge is 2.61. The molecule has 28 heavy (non-hydrogen) atoms. The number of hydrogen-bond donors (Lipinski definition) is 0. The maximum Gasteiger partial charge on any atom is 0.332 e. The number of carbonyl (C=O) groups is 2. The van der Waals surface area contributed by atoms with Crippen molar-refractivity contribution in [3.63, 3.8) is 0 Å². The molecule has 2 aromatic carbocycles. The number of urea groups is 1. The molecule has 8 nitrogen and oxygen atoms in total. The zero-order valence-corrected chi connectivity index (χ0v) is 15.0. The van der Waals surface area contributed by atoms with Gasteiger partial charge >= 0.3 is 6.03 Å². The van der Waals surface area contributed by atoms with Crippen LogP contribution < -0.4 is 4.90 Å². The summed E-state index contributed by atoms with van der Waals surface area (Å²) in [5.74, 6) is -0.259. The van der Waals surface area contributed by atoms with Crippen LogP contribution in [0.3, 0.4) is 0 Å². The topological polar surface area (TPSA) is 87.0 Å². The summed E-state index contributed by atoms with van der Waals surface area (Å²) in [5, 5.41) is 12.3. The summed E-state index contributed by atoms with van der Waals surface area (Å²) in [4.78, 5) is 42.5. The van der Waals surface area contributed by atoms with E-state index in [-0.39, 0.29) is 29.7 Å². The number of amides is 3. The Morgan fingerprint density at radius 3 is 2.64 bits per heavy atom. The summed E-state index contributed by atoms with van der Waals surface area (Å²) >= 11 is 0. The first-order valence-electron chi connectivity index (χ1n) is 9.20. The lowest BCUT2D eigenvalue weighted by Crippen LogP contribution is -2.53. The Bertz CT molecular complexity index is 1050. The zero-order chi connectivity index (χ0) is 19.6. The molecule has 0 radical (unpaired) electrons. The molecule has 5 rings (SSSR count). The monoisotopic (exact) mass is 378 g/mol. The summed E-state index contributed by atoms with van der Waals surface area (Å²) < 4.78 is 0. The van der Waals surface area contributed by atoms with Crippen LogP contribution in [0.25, 0.3) is 10.8 Å². The van der Waals surface area contributed by atoms with E-state index in [1.807, 2.05) is 6.08 Å². The molecule has 3 amide bonds. The highest BCUT2D eigenvalue weighted by atomic mass is 16.6.